The molecule has 1 heterocycles. The highest BCUT2D eigenvalue weighted by Gasteiger charge is 2.12. The second kappa shape index (κ2) is 8.34. The van der Waals surface area contributed by atoms with Gasteiger partial charge in [0.05, 0.1) is 36.9 Å². The van der Waals surface area contributed by atoms with Crippen LogP contribution < -0.4 is 15.8 Å². The number of methoxy groups -OCH3 is 1. The number of nitrogen functional groups attached to an aromatic ring is 1. The molecule has 0 unspecified atom stereocenters. The molecule has 5 heteroatoms. The maximum atomic E-state index is 5.90. The third-order valence-electron chi connectivity index (χ3n) is 4.27. The lowest BCUT2D eigenvalue weighted by Gasteiger charge is -2.19. The molecule has 0 amide bonds. The number of hydrogen-bond acceptors (Lipinski definition) is 5. The zero-order valence-electron chi connectivity index (χ0n) is 15.1. The minimum absolute atomic E-state index is 0.201. The van der Waals surface area contributed by atoms with E-state index in [2.05, 4.69) is 41.5 Å². The highest BCUT2D eigenvalue weighted by Crippen LogP contribution is 2.29. The standard InChI is InChI=1S/C21H24N4O/c1-3-7-18(15-8-5-4-6-9-15)24-21-14-23-13-19(25-21)16-10-11-17(22)20(12-16)26-2/h4-6,8-14,18H,3,7,22H2,1-2H3,(H,24,25)/t18-/m0/s1. The summed E-state index contributed by atoms with van der Waals surface area (Å²) in [6.07, 6.45) is 5.59. The lowest BCUT2D eigenvalue weighted by molar-refractivity contribution is 0.417. The van der Waals surface area contributed by atoms with Crippen LogP contribution in [0.5, 0.6) is 5.75 Å². The van der Waals surface area contributed by atoms with Crippen LogP contribution in [0.4, 0.5) is 11.5 Å². The topological polar surface area (TPSA) is 73.1 Å². The molecule has 3 rings (SSSR count). The van der Waals surface area contributed by atoms with Gasteiger partial charge in [0.1, 0.15) is 11.6 Å². The molecular formula is C21H24N4O. The lowest BCUT2D eigenvalue weighted by atomic mass is 10.0. The van der Waals surface area contributed by atoms with Crippen LogP contribution in [-0.2, 0) is 0 Å². The Morgan fingerprint density at radius 1 is 1.12 bits per heavy atom. The Labute approximate surface area is 154 Å². The number of nitrogens with zero attached hydrogens (tertiary/aromatic N) is 2. The van der Waals surface area contributed by atoms with Crippen molar-refractivity contribution in [2.24, 2.45) is 0 Å². The van der Waals surface area contributed by atoms with Crippen molar-refractivity contribution in [3.8, 4) is 17.0 Å². The summed E-state index contributed by atoms with van der Waals surface area (Å²) < 4.78 is 5.30. The SMILES string of the molecule is CCC[C@H](Nc1cncc(-c2ccc(N)c(OC)c2)n1)c1ccccc1. The normalized spacial score (nSPS) is 11.8. The zero-order valence-corrected chi connectivity index (χ0v) is 15.1. The van der Waals surface area contributed by atoms with Gasteiger partial charge in [-0.3, -0.25) is 4.98 Å². The fourth-order valence-electron chi connectivity index (χ4n) is 2.92. The molecule has 0 aliphatic rings. The molecule has 0 radical (unpaired) electrons. The van der Waals surface area contributed by atoms with Gasteiger partial charge in [-0.2, -0.15) is 0 Å². The van der Waals surface area contributed by atoms with Crippen LogP contribution in [-0.4, -0.2) is 17.1 Å². The first kappa shape index (κ1) is 17.7. The summed E-state index contributed by atoms with van der Waals surface area (Å²) >= 11 is 0. The van der Waals surface area contributed by atoms with E-state index in [-0.39, 0.29) is 6.04 Å². The predicted octanol–water partition coefficient (Wildman–Crippen LogP) is 4.69. The molecule has 0 aliphatic heterocycles. The summed E-state index contributed by atoms with van der Waals surface area (Å²) in [4.78, 5) is 9.07. The molecule has 0 aliphatic carbocycles. The summed E-state index contributed by atoms with van der Waals surface area (Å²) in [6, 6.07) is 16.2. The number of ether oxygens (including phenoxy) is 1. The van der Waals surface area contributed by atoms with Crippen LogP contribution in [0.25, 0.3) is 11.3 Å². The maximum absolute atomic E-state index is 5.90. The van der Waals surface area contributed by atoms with E-state index in [0.717, 1.165) is 29.9 Å². The Balaban J connectivity index is 1.86. The molecule has 2 aromatic carbocycles. The molecule has 0 bridgehead atoms. The summed E-state index contributed by atoms with van der Waals surface area (Å²) in [5, 5.41) is 3.52. The van der Waals surface area contributed by atoms with Crippen molar-refractivity contribution in [3.05, 3.63) is 66.5 Å². The van der Waals surface area contributed by atoms with Crippen LogP contribution in [0, 0.1) is 0 Å². The molecule has 0 saturated carbocycles. The first-order valence-corrected chi connectivity index (χ1v) is 8.78. The van der Waals surface area contributed by atoms with Gasteiger partial charge in [0, 0.05) is 5.56 Å². The van der Waals surface area contributed by atoms with E-state index in [0.29, 0.717) is 11.4 Å². The highest BCUT2D eigenvalue weighted by atomic mass is 16.5. The fraction of sp³-hybridized carbons (Fsp3) is 0.238. The van der Waals surface area contributed by atoms with Gasteiger partial charge >= 0.3 is 0 Å². The van der Waals surface area contributed by atoms with Crippen molar-refractivity contribution in [3.63, 3.8) is 0 Å². The van der Waals surface area contributed by atoms with Crippen molar-refractivity contribution in [2.45, 2.75) is 25.8 Å². The molecular weight excluding hydrogens is 324 g/mol. The van der Waals surface area contributed by atoms with E-state index >= 15 is 0 Å². The van der Waals surface area contributed by atoms with Crippen molar-refractivity contribution < 1.29 is 4.74 Å². The number of rotatable bonds is 7. The Kier molecular flexibility index (Phi) is 5.69. The van der Waals surface area contributed by atoms with Gasteiger partial charge in [-0.1, -0.05) is 49.7 Å². The molecule has 3 aromatic rings. The molecule has 134 valence electrons. The summed E-state index contributed by atoms with van der Waals surface area (Å²) in [5.41, 5.74) is 9.44. The minimum atomic E-state index is 0.201. The average molecular weight is 348 g/mol. The van der Waals surface area contributed by atoms with Crippen LogP contribution >= 0.6 is 0 Å². The quantitative estimate of drug-likeness (QED) is 0.606. The number of aromatic nitrogens is 2. The van der Waals surface area contributed by atoms with Crippen LogP contribution in [0.15, 0.2) is 60.9 Å². The van der Waals surface area contributed by atoms with E-state index in [1.807, 2.05) is 24.3 Å². The number of nitrogens with two attached hydrogens (primary N) is 1. The van der Waals surface area contributed by atoms with Crippen molar-refractivity contribution in [1.82, 2.24) is 9.97 Å². The second-order valence-corrected chi connectivity index (χ2v) is 6.14. The third-order valence-corrected chi connectivity index (χ3v) is 4.27. The predicted molar refractivity (Wildman–Crippen MR) is 106 cm³/mol. The minimum Gasteiger partial charge on any atom is -0.495 e. The van der Waals surface area contributed by atoms with Crippen molar-refractivity contribution >= 4 is 11.5 Å². The van der Waals surface area contributed by atoms with Crippen LogP contribution in [0.3, 0.4) is 0 Å². The molecule has 1 atom stereocenters. The van der Waals surface area contributed by atoms with Gasteiger partial charge in [0.25, 0.3) is 0 Å². The smallest absolute Gasteiger partial charge is 0.145 e. The summed E-state index contributed by atoms with van der Waals surface area (Å²) in [5.74, 6) is 1.39. The Hall–Kier alpha value is -3.08. The maximum Gasteiger partial charge on any atom is 0.145 e. The number of anilines is 2. The Morgan fingerprint density at radius 3 is 2.65 bits per heavy atom. The first-order chi connectivity index (χ1) is 12.7. The lowest BCUT2D eigenvalue weighted by Crippen LogP contribution is -2.12. The molecule has 0 saturated heterocycles. The largest absolute Gasteiger partial charge is 0.495 e. The Bertz CT molecular complexity index is 852. The molecule has 26 heavy (non-hydrogen) atoms. The van der Waals surface area contributed by atoms with Gasteiger partial charge in [-0.25, -0.2) is 4.98 Å². The van der Waals surface area contributed by atoms with Gasteiger partial charge in [-0.05, 0) is 24.1 Å². The monoisotopic (exact) mass is 348 g/mol. The number of hydrogen-bond donors (Lipinski definition) is 2. The first-order valence-electron chi connectivity index (χ1n) is 8.78. The van der Waals surface area contributed by atoms with Gasteiger partial charge in [-0.15, -0.1) is 0 Å². The van der Waals surface area contributed by atoms with Gasteiger partial charge in [0.15, 0.2) is 0 Å². The molecule has 1 aromatic heterocycles. The third kappa shape index (κ3) is 4.11. The number of nitrogens with one attached hydrogen (secondary N) is 1. The van der Waals surface area contributed by atoms with Crippen LogP contribution in [0.2, 0.25) is 0 Å². The van der Waals surface area contributed by atoms with E-state index < -0.39 is 0 Å². The fourth-order valence-corrected chi connectivity index (χ4v) is 2.92. The molecule has 0 fully saturated rings. The molecule has 5 nitrogen and oxygen atoms in total. The number of benzene rings is 2. The van der Waals surface area contributed by atoms with E-state index in [4.69, 9.17) is 15.5 Å². The van der Waals surface area contributed by atoms with Gasteiger partial charge < -0.3 is 15.8 Å². The van der Waals surface area contributed by atoms with E-state index in [1.165, 1.54) is 5.56 Å². The Morgan fingerprint density at radius 2 is 1.92 bits per heavy atom. The zero-order chi connectivity index (χ0) is 18.4. The molecule has 0 spiro atoms. The summed E-state index contributed by atoms with van der Waals surface area (Å²) in [6.45, 7) is 2.18. The summed E-state index contributed by atoms with van der Waals surface area (Å²) in [7, 11) is 1.61. The van der Waals surface area contributed by atoms with Gasteiger partial charge in [0.2, 0.25) is 0 Å². The second-order valence-electron chi connectivity index (χ2n) is 6.14. The van der Waals surface area contributed by atoms with E-state index in [9.17, 15) is 0 Å². The molecule has 3 N–H and O–H groups in total. The van der Waals surface area contributed by atoms with E-state index in [1.54, 1.807) is 19.5 Å². The van der Waals surface area contributed by atoms with Crippen LogP contribution in [0.1, 0.15) is 31.4 Å². The highest BCUT2D eigenvalue weighted by molar-refractivity contribution is 5.67. The van der Waals surface area contributed by atoms with Crippen molar-refractivity contribution in [2.75, 3.05) is 18.2 Å². The average Bonchev–Trinajstić information content (AvgIpc) is 2.69. The van der Waals surface area contributed by atoms with Crippen molar-refractivity contribution in [1.29, 1.82) is 0 Å².